The molecule has 0 radical (unpaired) electrons. The molecule has 0 aliphatic carbocycles. The van der Waals surface area contributed by atoms with Gasteiger partial charge in [-0.2, -0.15) is 0 Å². The Morgan fingerprint density at radius 1 is 1.11 bits per heavy atom. The van der Waals surface area contributed by atoms with Crippen molar-refractivity contribution in [2.45, 2.75) is 46.6 Å². The van der Waals surface area contributed by atoms with Gasteiger partial charge in [-0.1, -0.05) is 42.4 Å². The number of carbonyl (C=O) groups is 3. The molecule has 1 fully saturated rings. The molecule has 1 aromatic rings. The highest BCUT2D eigenvalue weighted by atomic mass is 32.2. The van der Waals surface area contributed by atoms with Crippen LogP contribution in [0.15, 0.2) is 45.6 Å². The van der Waals surface area contributed by atoms with Crippen LogP contribution < -0.4 is 0 Å². The fourth-order valence-corrected chi connectivity index (χ4v) is 5.81. The maximum Gasteiger partial charge on any atom is 0.338 e. The quantitative estimate of drug-likeness (QED) is 0.580. The maximum absolute atomic E-state index is 13.3. The molecular weight excluding hydrogens is 464 g/mol. The van der Waals surface area contributed by atoms with Gasteiger partial charge in [0.05, 0.1) is 30.8 Å². The highest BCUT2D eigenvalue weighted by molar-refractivity contribution is 8.16. The number of rotatable bonds is 5. The number of methoxy groups -OCH3 is 1. The molecule has 0 bridgehead atoms. The van der Waals surface area contributed by atoms with E-state index >= 15 is 0 Å². The van der Waals surface area contributed by atoms with E-state index in [0.29, 0.717) is 43.9 Å². The number of fused-ring (bicyclic) bond motifs is 1. The highest BCUT2D eigenvalue weighted by Crippen LogP contribution is 2.46. The number of amidine groups is 1. The maximum atomic E-state index is 13.3. The van der Waals surface area contributed by atoms with E-state index in [2.05, 4.69) is 12.1 Å². The third-order valence-electron chi connectivity index (χ3n) is 6.76. The zero-order valence-corrected chi connectivity index (χ0v) is 21.8. The summed E-state index contributed by atoms with van der Waals surface area (Å²) in [4.78, 5) is 48.3. The number of allylic oxidation sites excluding steroid dienone is 1. The number of hydrogen-bond acceptors (Lipinski definition) is 7. The molecule has 186 valence electrons. The molecular formula is C26H32N4O4S. The summed E-state index contributed by atoms with van der Waals surface area (Å²) in [6, 6.07) is 5.78. The molecule has 3 heterocycles. The molecule has 0 spiro atoms. The zero-order chi connectivity index (χ0) is 25.3. The number of hydrogen-bond donors (Lipinski definition) is 0. The van der Waals surface area contributed by atoms with Crippen LogP contribution in [0.4, 0.5) is 0 Å². The van der Waals surface area contributed by atoms with Gasteiger partial charge in [-0.3, -0.25) is 9.59 Å². The highest BCUT2D eigenvalue weighted by Gasteiger charge is 2.42. The Morgan fingerprint density at radius 3 is 2.40 bits per heavy atom. The van der Waals surface area contributed by atoms with Crippen LogP contribution in [-0.4, -0.2) is 70.9 Å². The summed E-state index contributed by atoms with van der Waals surface area (Å²) in [5.74, 6) is -0.366. The number of thioether (sulfide) groups is 1. The van der Waals surface area contributed by atoms with Crippen molar-refractivity contribution in [3.8, 4) is 0 Å². The molecule has 3 aliphatic heterocycles. The number of benzene rings is 1. The van der Waals surface area contributed by atoms with E-state index < -0.39 is 12.0 Å². The number of carbonyl (C=O) groups excluding carboxylic acids is 3. The zero-order valence-electron chi connectivity index (χ0n) is 21.0. The van der Waals surface area contributed by atoms with Gasteiger partial charge in [0.15, 0.2) is 5.17 Å². The average Bonchev–Trinajstić information content (AvgIpc) is 3.24. The van der Waals surface area contributed by atoms with E-state index in [1.165, 1.54) is 18.9 Å². The summed E-state index contributed by atoms with van der Waals surface area (Å²) in [5.41, 5.74) is 5.24. The van der Waals surface area contributed by atoms with Crippen molar-refractivity contribution in [3.63, 3.8) is 0 Å². The van der Waals surface area contributed by atoms with E-state index in [1.54, 1.807) is 11.8 Å². The summed E-state index contributed by atoms with van der Waals surface area (Å²) < 4.78 is 5.20. The molecule has 9 heteroatoms. The molecule has 0 N–H and O–H groups in total. The van der Waals surface area contributed by atoms with E-state index in [4.69, 9.17) is 9.73 Å². The Hall–Kier alpha value is -3.07. The van der Waals surface area contributed by atoms with Crippen LogP contribution in [0, 0.1) is 13.8 Å². The lowest BCUT2D eigenvalue weighted by Crippen LogP contribution is -2.50. The molecule has 1 saturated heterocycles. The predicted octanol–water partition coefficient (Wildman–Crippen LogP) is 3.52. The molecule has 4 rings (SSSR count). The predicted molar refractivity (Wildman–Crippen MR) is 136 cm³/mol. The molecule has 35 heavy (non-hydrogen) atoms. The number of nitrogens with zero attached hydrogens (tertiary/aromatic N) is 4. The number of amides is 2. The second kappa shape index (κ2) is 10.3. The summed E-state index contributed by atoms with van der Waals surface area (Å²) in [5, 5.41) is 2.73. The Morgan fingerprint density at radius 2 is 1.80 bits per heavy atom. The van der Waals surface area contributed by atoms with E-state index in [1.807, 2.05) is 42.0 Å². The molecule has 0 saturated carbocycles. The van der Waals surface area contributed by atoms with Gasteiger partial charge in [-0.05, 0) is 36.8 Å². The fraction of sp³-hybridized carbons (Fsp3) is 0.462. The topological polar surface area (TPSA) is 82.5 Å². The number of aryl methyl sites for hydroxylation is 2. The van der Waals surface area contributed by atoms with Crippen molar-refractivity contribution in [2.75, 3.05) is 33.3 Å². The largest absolute Gasteiger partial charge is 0.466 e. The van der Waals surface area contributed by atoms with Gasteiger partial charge >= 0.3 is 5.97 Å². The monoisotopic (exact) mass is 496 g/mol. The molecule has 1 unspecified atom stereocenters. The number of esters is 1. The van der Waals surface area contributed by atoms with Crippen molar-refractivity contribution >= 4 is 34.7 Å². The first-order valence-corrected chi connectivity index (χ1v) is 12.8. The molecule has 8 nitrogen and oxygen atoms in total. The van der Waals surface area contributed by atoms with Crippen LogP contribution in [0.1, 0.15) is 49.4 Å². The summed E-state index contributed by atoms with van der Waals surface area (Å²) in [7, 11) is 1.39. The lowest BCUT2D eigenvalue weighted by atomic mass is 9.89. The molecule has 1 aromatic carbocycles. The Labute approximate surface area is 210 Å². The standard InChI is InChI=1S/C26H32N4O4S/c1-6-21-23(25(33)34-5)24(20-8-7-16(2)13-17(20)3)30-19(15-35-26(30)27-21)14-22(32)29-11-9-28(10-12-29)18(4)31/h7-8,13,15,24H,6,9-12,14H2,1-5H3. The number of ether oxygens (including phenoxy) is 1. The van der Waals surface area contributed by atoms with Crippen LogP contribution >= 0.6 is 11.8 Å². The Balaban J connectivity index is 1.66. The summed E-state index contributed by atoms with van der Waals surface area (Å²) in [6.07, 6.45) is 0.793. The van der Waals surface area contributed by atoms with Crippen molar-refractivity contribution < 1.29 is 19.1 Å². The fourth-order valence-electron chi connectivity index (χ4n) is 4.88. The minimum atomic E-state index is -0.422. The van der Waals surface area contributed by atoms with Gasteiger partial charge in [0, 0.05) is 38.8 Å². The third-order valence-corrected chi connectivity index (χ3v) is 7.65. The summed E-state index contributed by atoms with van der Waals surface area (Å²) >= 11 is 1.48. The van der Waals surface area contributed by atoms with E-state index in [-0.39, 0.29) is 18.2 Å². The van der Waals surface area contributed by atoms with E-state index in [9.17, 15) is 14.4 Å². The Kier molecular flexibility index (Phi) is 7.35. The van der Waals surface area contributed by atoms with Crippen molar-refractivity contribution in [1.82, 2.24) is 14.7 Å². The minimum Gasteiger partial charge on any atom is -0.466 e. The SMILES string of the molecule is CCC1=C(C(=O)OC)C(c2ccc(C)cc2C)N2C(CC(=O)N3CCN(C(C)=O)CC3)=CSC2=N1. The van der Waals surface area contributed by atoms with Gasteiger partial charge in [0.25, 0.3) is 0 Å². The second-order valence-corrected chi connectivity index (χ2v) is 9.86. The lowest BCUT2D eigenvalue weighted by molar-refractivity contribution is -0.138. The first kappa shape index (κ1) is 25.0. The van der Waals surface area contributed by atoms with Crippen LogP contribution in [0.2, 0.25) is 0 Å². The van der Waals surface area contributed by atoms with Crippen LogP contribution in [0.3, 0.4) is 0 Å². The van der Waals surface area contributed by atoms with Gasteiger partial charge in [0.2, 0.25) is 11.8 Å². The van der Waals surface area contributed by atoms with Gasteiger partial charge in [-0.25, -0.2) is 9.79 Å². The Bertz CT molecular complexity index is 1150. The lowest BCUT2D eigenvalue weighted by Gasteiger charge is -2.38. The van der Waals surface area contributed by atoms with Crippen LogP contribution in [0.25, 0.3) is 0 Å². The third kappa shape index (κ3) is 4.87. The van der Waals surface area contributed by atoms with E-state index in [0.717, 1.165) is 27.6 Å². The van der Waals surface area contributed by atoms with Crippen LogP contribution in [-0.2, 0) is 19.1 Å². The van der Waals surface area contributed by atoms with Crippen molar-refractivity contribution in [1.29, 1.82) is 0 Å². The van der Waals surface area contributed by atoms with Gasteiger partial charge in [0.1, 0.15) is 0 Å². The van der Waals surface area contributed by atoms with Crippen molar-refractivity contribution in [2.24, 2.45) is 4.99 Å². The number of aliphatic imine (C=N–C) groups is 1. The molecule has 3 aliphatic rings. The first-order valence-electron chi connectivity index (χ1n) is 11.9. The minimum absolute atomic E-state index is 0.00515. The van der Waals surface area contributed by atoms with Crippen molar-refractivity contribution in [3.05, 3.63) is 57.3 Å². The summed E-state index contributed by atoms with van der Waals surface area (Å²) in [6.45, 7) is 9.76. The molecule has 0 aromatic heterocycles. The van der Waals surface area contributed by atoms with Crippen LogP contribution in [0.5, 0.6) is 0 Å². The molecule has 1 atom stereocenters. The molecule has 2 amide bonds. The normalized spacial score (nSPS) is 19.9. The van der Waals surface area contributed by atoms with Gasteiger partial charge < -0.3 is 19.4 Å². The first-order chi connectivity index (χ1) is 16.7. The second-order valence-electron chi connectivity index (χ2n) is 9.02. The average molecular weight is 497 g/mol. The van der Waals surface area contributed by atoms with Gasteiger partial charge in [-0.15, -0.1) is 0 Å². The smallest absolute Gasteiger partial charge is 0.338 e. The number of piperazine rings is 1.